The summed E-state index contributed by atoms with van der Waals surface area (Å²) in [5.41, 5.74) is 1.80. The van der Waals surface area contributed by atoms with Crippen LogP contribution in [0, 0.1) is 6.92 Å². The molecule has 0 aromatic heterocycles. The van der Waals surface area contributed by atoms with E-state index in [-0.39, 0.29) is 4.90 Å². The van der Waals surface area contributed by atoms with Gasteiger partial charge in [0.15, 0.2) is 0 Å². The number of sulfonamides is 1. The first-order valence-electron chi connectivity index (χ1n) is 10.0. The first-order chi connectivity index (χ1) is 15.8. The number of nitrogens with one attached hydrogen (secondary N) is 2. The Bertz CT molecular complexity index is 1210. The molecule has 0 unspecified atom stereocenters. The van der Waals surface area contributed by atoms with E-state index in [4.69, 9.17) is 9.47 Å². The van der Waals surface area contributed by atoms with Gasteiger partial charge in [-0.25, -0.2) is 8.42 Å². The Balaban J connectivity index is 1.71. The minimum absolute atomic E-state index is 0.0243. The van der Waals surface area contributed by atoms with Crippen LogP contribution < -0.4 is 14.8 Å². The summed E-state index contributed by atoms with van der Waals surface area (Å²) in [6, 6.07) is 21.4. The van der Waals surface area contributed by atoms with Crippen molar-refractivity contribution in [3.05, 3.63) is 90.0 Å². The zero-order valence-electron chi connectivity index (χ0n) is 18.1. The molecule has 172 valence electrons. The molecule has 2 N–H and O–H groups in total. The topological polar surface area (TPSA) is 111 Å². The van der Waals surface area contributed by atoms with E-state index in [2.05, 4.69) is 10.0 Å². The summed E-state index contributed by atoms with van der Waals surface area (Å²) in [6.45, 7) is 1.20. The molecule has 0 heterocycles. The van der Waals surface area contributed by atoms with Crippen molar-refractivity contribution in [1.29, 1.82) is 0 Å². The number of benzene rings is 3. The minimum atomic E-state index is -3.91. The lowest BCUT2D eigenvalue weighted by atomic mass is 10.1. The predicted molar refractivity (Wildman–Crippen MR) is 123 cm³/mol. The number of methoxy groups -OCH3 is 1. The van der Waals surface area contributed by atoms with Crippen molar-refractivity contribution in [3.63, 3.8) is 0 Å². The Hall–Kier alpha value is -3.69. The molecular weight excluding hydrogens is 444 g/mol. The zero-order chi connectivity index (χ0) is 23.8. The van der Waals surface area contributed by atoms with Gasteiger partial charge in [-0.3, -0.25) is 9.59 Å². The molecule has 3 aromatic rings. The number of hydrogen-bond acceptors (Lipinski definition) is 6. The normalized spacial score (nSPS) is 11.9. The van der Waals surface area contributed by atoms with Crippen LogP contribution in [0.4, 0.5) is 5.69 Å². The lowest BCUT2D eigenvalue weighted by Crippen LogP contribution is -2.33. The number of hydrogen-bond donors (Lipinski definition) is 2. The molecule has 0 spiro atoms. The van der Waals surface area contributed by atoms with Crippen LogP contribution >= 0.6 is 0 Å². The van der Waals surface area contributed by atoms with E-state index in [1.807, 2.05) is 6.92 Å². The highest BCUT2D eigenvalue weighted by molar-refractivity contribution is 7.89. The van der Waals surface area contributed by atoms with Gasteiger partial charge in [0.05, 0.1) is 12.0 Å². The van der Waals surface area contributed by atoms with Gasteiger partial charge < -0.3 is 14.8 Å². The number of anilines is 1. The van der Waals surface area contributed by atoms with Crippen molar-refractivity contribution in [2.75, 3.05) is 19.0 Å². The summed E-state index contributed by atoms with van der Waals surface area (Å²) >= 11 is 0. The van der Waals surface area contributed by atoms with Gasteiger partial charge in [-0.15, -0.1) is 0 Å². The van der Waals surface area contributed by atoms with Crippen LogP contribution in [0.25, 0.3) is 0 Å². The third-order valence-corrected chi connectivity index (χ3v) is 6.08. The van der Waals surface area contributed by atoms with Gasteiger partial charge in [0, 0.05) is 17.3 Å². The monoisotopic (exact) mass is 468 g/mol. The fourth-order valence-corrected chi connectivity index (χ4v) is 3.91. The lowest BCUT2D eigenvalue weighted by molar-refractivity contribution is -0.153. The van der Waals surface area contributed by atoms with Crippen LogP contribution in [-0.4, -0.2) is 33.9 Å². The Morgan fingerprint density at radius 3 is 2.30 bits per heavy atom. The van der Waals surface area contributed by atoms with Crippen molar-refractivity contribution in [1.82, 2.24) is 4.72 Å². The number of rotatable bonds is 9. The van der Waals surface area contributed by atoms with Gasteiger partial charge in [0.1, 0.15) is 12.3 Å². The summed E-state index contributed by atoms with van der Waals surface area (Å²) in [5.74, 6) is -0.948. The number of ether oxygens (including phenoxy) is 2. The second kappa shape index (κ2) is 10.8. The van der Waals surface area contributed by atoms with Crippen LogP contribution in [0.15, 0.2) is 83.8 Å². The average Bonchev–Trinajstić information content (AvgIpc) is 2.82. The fraction of sp³-hybridized carbons (Fsp3) is 0.167. The molecule has 3 aromatic carbocycles. The van der Waals surface area contributed by atoms with E-state index in [9.17, 15) is 18.0 Å². The number of esters is 1. The highest BCUT2D eigenvalue weighted by atomic mass is 32.2. The molecule has 0 aliphatic rings. The summed E-state index contributed by atoms with van der Waals surface area (Å²) in [7, 11) is -2.41. The quantitative estimate of drug-likeness (QED) is 0.467. The standard InChI is InChI=1S/C24H24N2O6S/c1-17-11-13-21(14-12-17)33(29,30)25-16-22(27)32-23(18-7-4-3-5-8-18)24(28)26-19-9-6-10-20(15-19)31-2/h3-15,23,25H,16H2,1-2H3,(H,26,28)/t23-/m1/s1. The largest absolute Gasteiger partial charge is 0.497 e. The van der Waals surface area contributed by atoms with Gasteiger partial charge >= 0.3 is 5.97 Å². The number of aryl methyl sites for hydroxylation is 1. The first kappa shape index (κ1) is 24.0. The minimum Gasteiger partial charge on any atom is -0.497 e. The van der Waals surface area contributed by atoms with Crippen molar-refractivity contribution < 1.29 is 27.5 Å². The van der Waals surface area contributed by atoms with E-state index >= 15 is 0 Å². The maximum Gasteiger partial charge on any atom is 0.322 e. The van der Waals surface area contributed by atoms with Gasteiger partial charge in [-0.2, -0.15) is 4.72 Å². The van der Waals surface area contributed by atoms with Gasteiger partial charge in [-0.1, -0.05) is 54.1 Å². The highest BCUT2D eigenvalue weighted by Gasteiger charge is 2.26. The molecule has 0 radical (unpaired) electrons. The van der Waals surface area contributed by atoms with E-state index in [0.29, 0.717) is 17.0 Å². The summed E-state index contributed by atoms with van der Waals surface area (Å²) in [4.78, 5) is 25.4. The number of amides is 1. The molecule has 0 aliphatic carbocycles. The van der Waals surface area contributed by atoms with E-state index in [0.717, 1.165) is 5.56 Å². The van der Waals surface area contributed by atoms with Crippen LogP contribution in [-0.2, 0) is 24.3 Å². The number of carbonyl (C=O) groups is 2. The maximum absolute atomic E-state index is 12.9. The third kappa shape index (κ3) is 6.64. The molecule has 3 rings (SSSR count). The second-order valence-electron chi connectivity index (χ2n) is 7.14. The summed E-state index contributed by atoms with van der Waals surface area (Å²) < 4.78 is 37.6. The highest BCUT2D eigenvalue weighted by Crippen LogP contribution is 2.22. The molecule has 0 fully saturated rings. The zero-order valence-corrected chi connectivity index (χ0v) is 19.0. The van der Waals surface area contributed by atoms with E-state index < -0.39 is 34.5 Å². The molecule has 0 saturated heterocycles. The molecule has 1 atom stereocenters. The second-order valence-corrected chi connectivity index (χ2v) is 8.91. The Morgan fingerprint density at radius 2 is 1.64 bits per heavy atom. The Morgan fingerprint density at radius 1 is 0.939 bits per heavy atom. The molecule has 0 aliphatic heterocycles. The smallest absolute Gasteiger partial charge is 0.322 e. The van der Waals surface area contributed by atoms with Crippen LogP contribution in [0.1, 0.15) is 17.2 Å². The van der Waals surface area contributed by atoms with Crippen LogP contribution in [0.2, 0.25) is 0 Å². The van der Waals surface area contributed by atoms with Crippen molar-refractivity contribution in [2.24, 2.45) is 0 Å². The van der Waals surface area contributed by atoms with Crippen LogP contribution in [0.3, 0.4) is 0 Å². The Kier molecular flexibility index (Phi) is 7.81. The molecule has 8 nitrogen and oxygen atoms in total. The average molecular weight is 469 g/mol. The SMILES string of the molecule is COc1cccc(NC(=O)[C@H](OC(=O)CNS(=O)(=O)c2ccc(C)cc2)c2ccccc2)c1. The first-order valence-corrected chi connectivity index (χ1v) is 11.5. The predicted octanol–water partition coefficient (Wildman–Crippen LogP) is 3.21. The van der Waals surface area contributed by atoms with Gasteiger partial charge in [0.2, 0.25) is 16.1 Å². The molecule has 0 saturated carbocycles. The summed E-state index contributed by atoms with van der Waals surface area (Å²) in [6.07, 6.45) is -1.28. The molecule has 9 heteroatoms. The molecule has 1 amide bonds. The molecule has 0 bridgehead atoms. The fourth-order valence-electron chi connectivity index (χ4n) is 2.94. The lowest BCUT2D eigenvalue weighted by Gasteiger charge is -2.18. The Labute approximate surface area is 192 Å². The van der Waals surface area contributed by atoms with Crippen LogP contribution in [0.5, 0.6) is 5.75 Å². The van der Waals surface area contributed by atoms with Crippen molar-refractivity contribution in [3.8, 4) is 5.75 Å². The van der Waals surface area contributed by atoms with E-state index in [1.54, 1.807) is 66.7 Å². The van der Waals surface area contributed by atoms with Gasteiger partial charge in [0.25, 0.3) is 5.91 Å². The van der Waals surface area contributed by atoms with Crippen molar-refractivity contribution in [2.45, 2.75) is 17.9 Å². The summed E-state index contributed by atoms with van der Waals surface area (Å²) in [5, 5.41) is 2.69. The third-order valence-electron chi connectivity index (χ3n) is 4.66. The maximum atomic E-state index is 12.9. The van der Waals surface area contributed by atoms with Gasteiger partial charge in [-0.05, 0) is 31.2 Å². The van der Waals surface area contributed by atoms with Crippen molar-refractivity contribution >= 4 is 27.6 Å². The molecular formula is C24H24N2O6S. The van der Waals surface area contributed by atoms with E-state index in [1.165, 1.54) is 19.2 Å². The number of carbonyl (C=O) groups excluding carboxylic acids is 2. The molecule has 33 heavy (non-hydrogen) atoms.